The van der Waals surface area contributed by atoms with E-state index in [0.29, 0.717) is 66.8 Å². The Morgan fingerprint density at radius 3 is 2.23 bits per heavy atom. The lowest BCUT2D eigenvalue weighted by Crippen LogP contribution is -2.47. The van der Waals surface area contributed by atoms with Gasteiger partial charge in [0.15, 0.2) is 11.5 Å². The van der Waals surface area contributed by atoms with E-state index in [1.54, 1.807) is 48.5 Å². The number of anilines is 3. The molecule has 3 N–H and O–H groups in total. The van der Waals surface area contributed by atoms with Gasteiger partial charge in [-0.3, -0.25) is 0 Å². The van der Waals surface area contributed by atoms with Crippen LogP contribution in [0.4, 0.5) is 26.2 Å². The fraction of sp³-hybridized carbons (Fsp3) is 0.219. The first-order chi connectivity index (χ1) is 21.4. The molecule has 2 amide bonds. The lowest BCUT2D eigenvalue weighted by molar-refractivity contribution is 0.174. The number of nitrogens with zero attached hydrogens (tertiary/aromatic N) is 2. The van der Waals surface area contributed by atoms with Crippen LogP contribution in [-0.2, 0) is 23.1 Å². The second-order valence-electron chi connectivity index (χ2n) is 10.4. The van der Waals surface area contributed by atoms with Gasteiger partial charge in [0.25, 0.3) is 0 Å². The van der Waals surface area contributed by atoms with Gasteiger partial charge in [0.1, 0.15) is 10.7 Å². The molecule has 0 bridgehead atoms. The van der Waals surface area contributed by atoms with Crippen LogP contribution in [0.1, 0.15) is 11.1 Å². The summed E-state index contributed by atoms with van der Waals surface area (Å²) in [5.74, 6) is 0.874. The van der Waals surface area contributed by atoms with Gasteiger partial charge in [-0.05, 0) is 53.6 Å². The number of hydrogen-bond acceptors (Lipinski definition) is 7. The minimum absolute atomic E-state index is 0.0225. The highest BCUT2D eigenvalue weighted by Gasteiger charge is 2.27. The van der Waals surface area contributed by atoms with Crippen molar-refractivity contribution in [1.82, 2.24) is 10.0 Å². The smallest absolute Gasteiger partial charge is 0.319 e. The van der Waals surface area contributed by atoms with Crippen molar-refractivity contribution < 1.29 is 27.1 Å². The quantitative estimate of drug-likeness (QED) is 0.250. The van der Waals surface area contributed by atoms with Gasteiger partial charge >= 0.3 is 6.03 Å². The van der Waals surface area contributed by atoms with Crippen LogP contribution in [0.25, 0.3) is 0 Å². The van der Waals surface area contributed by atoms with E-state index >= 15 is 0 Å². The predicted octanol–water partition coefficient (Wildman–Crippen LogP) is 4.68. The highest BCUT2D eigenvalue weighted by molar-refractivity contribution is 7.89. The number of carbonyl (C=O) groups excluding carboxylic acids is 1. The summed E-state index contributed by atoms with van der Waals surface area (Å²) in [6.07, 6.45) is 0. The highest BCUT2D eigenvalue weighted by Crippen LogP contribution is 2.33. The monoisotopic (exact) mass is 617 g/mol. The molecule has 228 valence electrons. The summed E-state index contributed by atoms with van der Waals surface area (Å²) in [4.78, 5) is 16.6. The van der Waals surface area contributed by atoms with Crippen molar-refractivity contribution in [2.24, 2.45) is 0 Å². The van der Waals surface area contributed by atoms with E-state index in [4.69, 9.17) is 9.47 Å². The lowest BCUT2D eigenvalue weighted by atomic mass is 10.2. The van der Waals surface area contributed by atoms with E-state index in [-0.39, 0.29) is 24.1 Å². The molecule has 10 nitrogen and oxygen atoms in total. The van der Waals surface area contributed by atoms with Gasteiger partial charge in [-0.2, -0.15) is 0 Å². The molecule has 6 rings (SSSR count). The molecule has 4 aromatic rings. The zero-order chi connectivity index (χ0) is 30.5. The molecule has 0 aromatic heterocycles. The van der Waals surface area contributed by atoms with Gasteiger partial charge < -0.3 is 29.9 Å². The molecule has 0 atom stereocenters. The molecule has 44 heavy (non-hydrogen) atoms. The number of carbonyl (C=O) groups is 1. The Balaban J connectivity index is 1.21. The molecule has 0 saturated carbocycles. The Bertz CT molecular complexity index is 1750. The number of urea groups is 1. The Morgan fingerprint density at radius 1 is 0.750 bits per heavy atom. The minimum Gasteiger partial charge on any atom is -0.454 e. The van der Waals surface area contributed by atoms with Crippen LogP contribution in [0.2, 0.25) is 0 Å². The summed E-state index contributed by atoms with van der Waals surface area (Å²) in [6, 6.07) is 25.7. The zero-order valence-electron chi connectivity index (χ0n) is 23.8. The van der Waals surface area contributed by atoms with E-state index in [0.717, 1.165) is 5.56 Å². The number of sulfonamides is 1. The fourth-order valence-electron chi connectivity index (χ4n) is 5.23. The summed E-state index contributed by atoms with van der Waals surface area (Å²) in [5.41, 5.74) is 2.97. The molecule has 2 aliphatic heterocycles. The van der Waals surface area contributed by atoms with E-state index in [1.165, 1.54) is 12.1 Å². The van der Waals surface area contributed by atoms with E-state index in [2.05, 4.69) is 15.4 Å². The topological polar surface area (TPSA) is 112 Å². The third-order valence-corrected chi connectivity index (χ3v) is 8.95. The van der Waals surface area contributed by atoms with Crippen LogP contribution in [0, 0.1) is 5.82 Å². The average molecular weight is 618 g/mol. The lowest BCUT2D eigenvalue weighted by Gasteiger charge is -2.38. The van der Waals surface area contributed by atoms with Crippen LogP contribution in [0.5, 0.6) is 11.5 Å². The molecule has 12 heteroatoms. The maximum absolute atomic E-state index is 14.4. The van der Waals surface area contributed by atoms with Gasteiger partial charge in [-0.15, -0.1) is 0 Å². The van der Waals surface area contributed by atoms with Crippen LogP contribution in [0.3, 0.4) is 0 Å². The van der Waals surface area contributed by atoms with Crippen molar-refractivity contribution >= 4 is 33.1 Å². The molecule has 0 spiro atoms. The molecule has 1 fully saturated rings. The third-order valence-electron chi connectivity index (χ3n) is 7.52. The molecule has 2 aliphatic rings. The van der Waals surface area contributed by atoms with Crippen molar-refractivity contribution in [3.63, 3.8) is 0 Å². The molecule has 2 heterocycles. The van der Waals surface area contributed by atoms with Crippen molar-refractivity contribution in [1.29, 1.82) is 0 Å². The van der Waals surface area contributed by atoms with E-state index < -0.39 is 16.1 Å². The number of hydrogen-bond donors (Lipinski definition) is 3. The molecule has 0 aliphatic carbocycles. The Labute approximate surface area is 255 Å². The van der Waals surface area contributed by atoms with Gasteiger partial charge in [0, 0.05) is 45.0 Å². The first-order valence-corrected chi connectivity index (χ1v) is 15.7. The zero-order valence-corrected chi connectivity index (χ0v) is 24.6. The SMILES string of the molecule is O=C(NCc1ccccc1)Nc1ccc(N2CCN(c3ccccc3F)CC2)c(S(=O)(=O)NCc2ccc3c(c2)OCO3)c1. The number of benzene rings is 4. The largest absolute Gasteiger partial charge is 0.454 e. The first kappa shape index (κ1) is 29.3. The van der Waals surface area contributed by atoms with Crippen LogP contribution >= 0.6 is 0 Å². The number of ether oxygens (including phenoxy) is 2. The number of halogens is 1. The van der Waals surface area contributed by atoms with Crippen molar-refractivity contribution in [3.05, 3.63) is 108 Å². The maximum atomic E-state index is 14.4. The Morgan fingerprint density at radius 2 is 1.45 bits per heavy atom. The Kier molecular flexibility index (Phi) is 8.53. The summed E-state index contributed by atoms with van der Waals surface area (Å²) < 4.78 is 55.5. The first-order valence-electron chi connectivity index (χ1n) is 14.2. The molecular weight excluding hydrogens is 585 g/mol. The maximum Gasteiger partial charge on any atom is 0.319 e. The number of nitrogens with one attached hydrogen (secondary N) is 3. The molecule has 0 unspecified atom stereocenters. The van der Waals surface area contributed by atoms with Crippen LogP contribution in [-0.4, -0.2) is 47.4 Å². The van der Waals surface area contributed by atoms with Crippen LogP contribution < -0.4 is 34.6 Å². The number of amides is 2. The van der Waals surface area contributed by atoms with Crippen LogP contribution in [0.15, 0.2) is 95.9 Å². The number of para-hydroxylation sites is 1. The summed E-state index contributed by atoms with van der Waals surface area (Å²) in [7, 11) is -4.05. The predicted molar refractivity (Wildman–Crippen MR) is 166 cm³/mol. The summed E-state index contributed by atoms with van der Waals surface area (Å²) in [6.45, 7) is 2.43. The number of fused-ring (bicyclic) bond motifs is 1. The third kappa shape index (κ3) is 6.71. The number of rotatable bonds is 9. The van der Waals surface area contributed by atoms with E-state index in [1.807, 2.05) is 40.1 Å². The average Bonchev–Trinajstić information content (AvgIpc) is 3.52. The highest BCUT2D eigenvalue weighted by atomic mass is 32.2. The Hall–Kier alpha value is -4.81. The molecular formula is C32H32FN5O5S. The number of piperazine rings is 1. The van der Waals surface area contributed by atoms with Crippen molar-refractivity contribution in [2.75, 3.05) is 48.1 Å². The van der Waals surface area contributed by atoms with Gasteiger partial charge in [-0.25, -0.2) is 22.3 Å². The van der Waals surface area contributed by atoms with Crippen molar-refractivity contribution in [2.45, 2.75) is 18.0 Å². The van der Waals surface area contributed by atoms with Crippen molar-refractivity contribution in [3.8, 4) is 11.5 Å². The standard InChI is InChI=1S/C32H32FN5O5S/c33-26-8-4-5-9-27(26)37-14-16-38(17-15-37)28-12-11-25(36-32(39)34-20-23-6-2-1-3-7-23)19-31(28)44(40,41)35-21-24-10-13-29-30(18-24)43-22-42-29/h1-13,18-19,35H,14-17,20-22H2,(H2,34,36,39). The molecule has 4 aromatic carbocycles. The fourth-order valence-corrected chi connectivity index (χ4v) is 6.49. The minimum atomic E-state index is -4.05. The normalized spacial score (nSPS) is 14.4. The second kappa shape index (κ2) is 12.8. The second-order valence-corrected chi connectivity index (χ2v) is 12.1. The van der Waals surface area contributed by atoms with Gasteiger partial charge in [-0.1, -0.05) is 48.5 Å². The molecule has 1 saturated heterocycles. The van der Waals surface area contributed by atoms with Gasteiger partial charge in [0.05, 0.1) is 11.4 Å². The molecule has 0 radical (unpaired) electrons. The van der Waals surface area contributed by atoms with Gasteiger partial charge in [0.2, 0.25) is 16.8 Å². The summed E-state index contributed by atoms with van der Waals surface area (Å²) >= 11 is 0. The summed E-state index contributed by atoms with van der Waals surface area (Å²) in [5, 5.41) is 5.54. The van der Waals surface area contributed by atoms with E-state index in [9.17, 15) is 17.6 Å².